The Balaban J connectivity index is 2.50. The second kappa shape index (κ2) is 6.35. The van der Waals surface area contributed by atoms with Gasteiger partial charge in [-0.3, -0.25) is 4.98 Å². The Labute approximate surface area is 107 Å². The second-order valence-corrected chi connectivity index (χ2v) is 5.05. The molecule has 2 N–H and O–H groups in total. The van der Waals surface area contributed by atoms with E-state index in [0.717, 1.165) is 5.69 Å². The zero-order valence-electron chi connectivity index (χ0n) is 11.0. The van der Waals surface area contributed by atoms with Gasteiger partial charge in [0.05, 0.1) is 12.6 Å². The number of hydrogen-bond donors (Lipinski definition) is 2. The van der Waals surface area contributed by atoms with Crippen LogP contribution in [-0.2, 0) is 11.2 Å². The fourth-order valence-corrected chi connectivity index (χ4v) is 1.41. The largest absolute Gasteiger partial charge is 0.444 e. The van der Waals surface area contributed by atoms with Gasteiger partial charge in [0.1, 0.15) is 5.60 Å². The summed E-state index contributed by atoms with van der Waals surface area (Å²) in [6, 6.07) is 5.14. The van der Waals surface area contributed by atoms with Crippen LogP contribution in [0.3, 0.4) is 0 Å². The van der Waals surface area contributed by atoms with Crippen LogP contribution in [0.2, 0.25) is 0 Å². The van der Waals surface area contributed by atoms with E-state index in [1.54, 1.807) is 27.0 Å². The summed E-state index contributed by atoms with van der Waals surface area (Å²) in [5.74, 6) is 0. The van der Waals surface area contributed by atoms with Crippen molar-refractivity contribution in [3.8, 4) is 0 Å². The lowest BCUT2D eigenvalue weighted by Crippen LogP contribution is -2.42. The molecule has 1 amide bonds. The van der Waals surface area contributed by atoms with Crippen molar-refractivity contribution in [2.24, 2.45) is 0 Å². The lowest BCUT2D eigenvalue weighted by molar-refractivity contribution is 0.0482. The van der Waals surface area contributed by atoms with Crippen molar-refractivity contribution in [3.63, 3.8) is 0 Å². The maximum atomic E-state index is 11.6. The fraction of sp³-hybridized carbons (Fsp3) is 0.538. The average molecular weight is 252 g/mol. The van der Waals surface area contributed by atoms with Crippen molar-refractivity contribution < 1.29 is 14.6 Å². The van der Waals surface area contributed by atoms with Crippen LogP contribution in [0, 0.1) is 0 Å². The molecule has 0 aliphatic rings. The standard InChI is InChI=1S/C13H20N2O3/c1-13(2,3)18-12(17)15-11(9-16)8-10-6-4-5-7-14-10/h4-7,11,16H,8-9H2,1-3H3,(H,15,17)/t11-/m0/s1. The molecule has 0 bridgehead atoms. The number of aromatic nitrogens is 1. The van der Waals surface area contributed by atoms with Crippen molar-refractivity contribution in [1.82, 2.24) is 10.3 Å². The molecule has 1 atom stereocenters. The Morgan fingerprint density at radius 1 is 1.50 bits per heavy atom. The van der Waals surface area contributed by atoms with Crippen LogP contribution in [0.1, 0.15) is 26.5 Å². The van der Waals surface area contributed by atoms with Gasteiger partial charge in [0.2, 0.25) is 0 Å². The van der Waals surface area contributed by atoms with Crippen LogP contribution in [0.25, 0.3) is 0 Å². The molecule has 100 valence electrons. The van der Waals surface area contributed by atoms with Gasteiger partial charge in [-0.05, 0) is 32.9 Å². The third-order valence-corrected chi connectivity index (χ3v) is 2.12. The number of ether oxygens (including phenoxy) is 1. The third-order valence-electron chi connectivity index (χ3n) is 2.12. The van der Waals surface area contributed by atoms with Crippen molar-refractivity contribution in [1.29, 1.82) is 0 Å². The van der Waals surface area contributed by atoms with E-state index in [9.17, 15) is 9.90 Å². The summed E-state index contributed by atoms with van der Waals surface area (Å²) in [7, 11) is 0. The molecule has 0 aliphatic carbocycles. The SMILES string of the molecule is CC(C)(C)OC(=O)N[C@H](CO)Cc1ccccn1. The highest BCUT2D eigenvalue weighted by Gasteiger charge is 2.19. The van der Waals surface area contributed by atoms with E-state index >= 15 is 0 Å². The maximum Gasteiger partial charge on any atom is 0.407 e. The molecule has 0 fully saturated rings. The molecule has 0 aliphatic heterocycles. The van der Waals surface area contributed by atoms with E-state index in [4.69, 9.17) is 4.74 Å². The highest BCUT2D eigenvalue weighted by atomic mass is 16.6. The number of pyridine rings is 1. The van der Waals surface area contributed by atoms with E-state index < -0.39 is 17.7 Å². The van der Waals surface area contributed by atoms with Crippen LogP contribution < -0.4 is 5.32 Å². The first kappa shape index (κ1) is 14.4. The number of alkyl carbamates (subject to hydrolysis) is 1. The third kappa shape index (κ3) is 5.63. The fourth-order valence-electron chi connectivity index (χ4n) is 1.41. The quantitative estimate of drug-likeness (QED) is 0.852. The number of carbonyl (C=O) groups is 1. The van der Waals surface area contributed by atoms with Crippen molar-refractivity contribution in [2.75, 3.05) is 6.61 Å². The normalized spacial score (nSPS) is 12.9. The topological polar surface area (TPSA) is 71.5 Å². The van der Waals surface area contributed by atoms with Gasteiger partial charge in [-0.1, -0.05) is 6.07 Å². The molecule has 5 nitrogen and oxygen atoms in total. The maximum absolute atomic E-state index is 11.6. The predicted molar refractivity (Wildman–Crippen MR) is 68.2 cm³/mol. The molecule has 1 aromatic heterocycles. The Hall–Kier alpha value is -1.62. The Kier molecular flexibility index (Phi) is 5.09. The number of nitrogens with one attached hydrogen (secondary N) is 1. The van der Waals surface area contributed by atoms with E-state index in [1.165, 1.54) is 0 Å². The number of nitrogens with zero attached hydrogens (tertiary/aromatic N) is 1. The summed E-state index contributed by atoms with van der Waals surface area (Å²) in [4.78, 5) is 15.7. The number of aliphatic hydroxyl groups excluding tert-OH is 1. The van der Waals surface area contributed by atoms with Crippen molar-refractivity contribution in [2.45, 2.75) is 38.8 Å². The summed E-state index contributed by atoms with van der Waals surface area (Å²) < 4.78 is 5.13. The minimum absolute atomic E-state index is 0.157. The number of rotatable bonds is 4. The summed E-state index contributed by atoms with van der Waals surface area (Å²) in [5, 5.41) is 11.9. The van der Waals surface area contributed by atoms with Gasteiger partial charge in [0, 0.05) is 18.3 Å². The summed E-state index contributed by atoms with van der Waals surface area (Å²) in [5.41, 5.74) is 0.266. The monoisotopic (exact) mass is 252 g/mol. The molecular weight excluding hydrogens is 232 g/mol. The van der Waals surface area contributed by atoms with Crippen LogP contribution in [0.15, 0.2) is 24.4 Å². The Morgan fingerprint density at radius 3 is 2.72 bits per heavy atom. The summed E-state index contributed by atoms with van der Waals surface area (Å²) in [6.07, 6.45) is 1.62. The average Bonchev–Trinajstić information content (AvgIpc) is 2.27. The first-order chi connectivity index (χ1) is 8.40. The molecule has 1 aromatic rings. The molecule has 1 heterocycles. The minimum Gasteiger partial charge on any atom is -0.444 e. The van der Waals surface area contributed by atoms with Gasteiger partial charge in [-0.25, -0.2) is 4.79 Å². The summed E-state index contributed by atoms with van der Waals surface area (Å²) in [6.45, 7) is 5.22. The van der Waals surface area contributed by atoms with Gasteiger partial charge in [0.15, 0.2) is 0 Å². The van der Waals surface area contributed by atoms with Gasteiger partial charge in [-0.15, -0.1) is 0 Å². The minimum atomic E-state index is -0.547. The smallest absolute Gasteiger partial charge is 0.407 e. The van der Waals surface area contributed by atoms with Crippen molar-refractivity contribution in [3.05, 3.63) is 30.1 Å². The Bertz CT molecular complexity index is 374. The lowest BCUT2D eigenvalue weighted by Gasteiger charge is -2.22. The summed E-state index contributed by atoms with van der Waals surface area (Å²) >= 11 is 0. The molecule has 0 saturated heterocycles. The van der Waals surface area contributed by atoms with Crippen LogP contribution in [0.4, 0.5) is 4.79 Å². The number of amides is 1. The Morgan fingerprint density at radius 2 is 2.22 bits per heavy atom. The molecular formula is C13H20N2O3. The zero-order valence-corrected chi connectivity index (χ0v) is 11.0. The highest BCUT2D eigenvalue weighted by Crippen LogP contribution is 2.07. The van der Waals surface area contributed by atoms with Crippen molar-refractivity contribution >= 4 is 6.09 Å². The van der Waals surface area contributed by atoms with E-state index in [-0.39, 0.29) is 6.61 Å². The lowest BCUT2D eigenvalue weighted by atomic mass is 10.1. The first-order valence-electron chi connectivity index (χ1n) is 5.91. The van der Waals surface area contributed by atoms with E-state index in [0.29, 0.717) is 6.42 Å². The van der Waals surface area contributed by atoms with E-state index in [1.807, 2.05) is 18.2 Å². The van der Waals surface area contributed by atoms with Gasteiger partial charge in [0.25, 0.3) is 0 Å². The van der Waals surface area contributed by atoms with Crippen LogP contribution in [-0.4, -0.2) is 34.4 Å². The highest BCUT2D eigenvalue weighted by molar-refractivity contribution is 5.68. The molecule has 0 unspecified atom stereocenters. The van der Waals surface area contributed by atoms with Gasteiger partial charge < -0.3 is 15.2 Å². The zero-order chi connectivity index (χ0) is 13.6. The number of hydrogen-bond acceptors (Lipinski definition) is 4. The van der Waals surface area contributed by atoms with Gasteiger partial charge in [-0.2, -0.15) is 0 Å². The molecule has 18 heavy (non-hydrogen) atoms. The van der Waals surface area contributed by atoms with Crippen LogP contribution in [0.5, 0.6) is 0 Å². The second-order valence-electron chi connectivity index (χ2n) is 5.05. The first-order valence-corrected chi connectivity index (χ1v) is 5.91. The number of aliphatic hydroxyl groups is 1. The predicted octanol–water partition coefficient (Wildman–Crippen LogP) is 1.51. The van der Waals surface area contributed by atoms with Crippen LogP contribution >= 0.6 is 0 Å². The molecule has 0 aromatic carbocycles. The molecule has 5 heteroatoms. The molecule has 0 saturated carbocycles. The number of carbonyl (C=O) groups excluding carboxylic acids is 1. The van der Waals surface area contributed by atoms with Gasteiger partial charge >= 0.3 is 6.09 Å². The molecule has 0 spiro atoms. The van der Waals surface area contributed by atoms with E-state index in [2.05, 4.69) is 10.3 Å². The molecule has 1 rings (SSSR count). The molecule has 0 radical (unpaired) electrons.